The molecular formula is C27H22BrClN2O5S. The Morgan fingerprint density at radius 2 is 1.92 bits per heavy atom. The second kappa shape index (κ2) is 11.9. The van der Waals surface area contributed by atoms with Gasteiger partial charge in [-0.1, -0.05) is 47.5 Å². The van der Waals surface area contributed by atoms with E-state index in [0.29, 0.717) is 38.9 Å². The summed E-state index contributed by atoms with van der Waals surface area (Å²) in [6.45, 7) is 1.99. The smallest absolute Gasteiger partial charge is 0.294 e. The zero-order valence-corrected chi connectivity index (χ0v) is 23.1. The van der Waals surface area contributed by atoms with Gasteiger partial charge in [0.1, 0.15) is 13.2 Å². The number of ether oxygens (including phenoxy) is 2. The Morgan fingerprint density at radius 1 is 1.11 bits per heavy atom. The van der Waals surface area contributed by atoms with Crippen molar-refractivity contribution in [2.24, 2.45) is 0 Å². The summed E-state index contributed by atoms with van der Waals surface area (Å²) in [5, 5.41) is 2.54. The van der Waals surface area contributed by atoms with E-state index in [0.717, 1.165) is 27.8 Å². The lowest BCUT2D eigenvalue weighted by molar-refractivity contribution is -0.127. The summed E-state index contributed by atoms with van der Waals surface area (Å²) in [5.74, 6) is -0.0106. The van der Waals surface area contributed by atoms with Gasteiger partial charge in [0.05, 0.1) is 17.0 Å². The Labute approximate surface area is 231 Å². The number of rotatable bonds is 8. The molecule has 7 nitrogen and oxygen atoms in total. The Morgan fingerprint density at radius 3 is 2.65 bits per heavy atom. The molecule has 0 unspecified atom stereocenters. The number of hydrogen-bond acceptors (Lipinski definition) is 6. The molecule has 3 aromatic carbocycles. The fourth-order valence-corrected chi connectivity index (χ4v) is 4.83. The van der Waals surface area contributed by atoms with E-state index >= 15 is 0 Å². The van der Waals surface area contributed by atoms with Crippen molar-refractivity contribution in [2.75, 3.05) is 19.0 Å². The number of carbonyl (C=O) groups excluding carboxylic acids is 3. The topological polar surface area (TPSA) is 84.9 Å². The molecule has 1 heterocycles. The van der Waals surface area contributed by atoms with Crippen molar-refractivity contribution >= 4 is 68.1 Å². The van der Waals surface area contributed by atoms with Gasteiger partial charge in [-0.15, -0.1) is 0 Å². The molecule has 4 rings (SSSR count). The number of halogens is 2. The minimum atomic E-state index is -0.544. The largest absolute Gasteiger partial charge is 0.493 e. The quantitative estimate of drug-likeness (QED) is 0.290. The van der Waals surface area contributed by atoms with Crippen LogP contribution in [0.25, 0.3) is 6.08 Å². The number of benzene rings is 3. The summed E-state index contributed by atoms with van der Waals surface area (Å²) >= 11 is 10.1. The third-order valence-electron chi connectivity index (χ3n) is 5.34. The van der Waals surface area contributed by atoms with Gasteiger partial charge in [0, 0.05) is 10.2 Å². The van der Waals surface area contributed by atoms with Gasteiger partial charge in [0.2, 0.25) is 5.91 Å². The molecule has 0 spiro atoms. The molecule has 0 aliphatic carbocycles. The van der Waals surface area contributed by atoms with E-state index in [-0.39, 0.29) is 4.91 Å². The maximum atomic E-state index is 12.9. The molecule has 10 heteroatoms. The first-order valence-electron chi connectivity index (χ1n) is 11.1. The van der Waals surface area contributed by atoms with Crippen LogP contribution in [0.2, 0.25) is 5.02 Å². The van der Waals surface area contributed by atoms with Gasteiger partial charge >= 0.3 is 0 Å². The first kappa shape index (κ1) is 26.8. The third kappa shape index (κ3) is 6.74. The number of nitrogens with one attached hydrogen (secondary N) is 1. The summed E-state index contributed by atoms with van der Waals surface area (Å²) in [4.78, 5) is 38.9. The van der Waals surface area contributed by atoms with Crippen molar-refractivity contribution in [3.63, 3.8) is 0 Å². The molecule has 3 amide bonds. The highest BCUT2D eigenvalue weighted by molar-refractivity contribution is 9.10. The minimum Gasteiger partial charge on any atom is -0.493 e. The van der Waals surface area contributed by atoms with Crippen LogP contribution in [-0.2, 0) is 16.2 Å². The number of imide groups is 1. The second-order valence-electron chi connectivity index (χ2n) is 8.13. The zero-order valence-electron chi connectivity index (χ0n) is 19.9. The van der Waals surface area contributed by atoms with Gasteiger partial charge in [-0.3, -0.25) is 19.3 Å². The maximum Gasteiger partial charge on any atom is 0.294 e. The van der Waals surface area contributed by atoms with Crippen molar-refractivity contribution < 1.29 is 23.9 Å². The Bertz CT molecular complexity index is 1410. The number of aryl methyl sites for hydroxylation is 1. The summed E-state index contributed by atoms with van der Waals surface area (Å²) < 4.78 is 12.1. The van der Waals surface area contributed by atoms with Gasteiger partial charge in [-0.25, -0.2) is 0 Å². The highest BCUT2D eigenvalue weighted by Gasteiger charge is 2.36. The number of hydrogen-bond donors (Lipinski definition) is 1. The average Bonchev–Trinajstić information content (AvgIpc) is 3.12. The summed E-state index contributed by atoms with van der Waals surface area (Å²) in [6.07, 6.45) is 1.59. The van der Waals surface area contributed by atoms with Crippen LogP contribution in [0.5, 0.6) is 11.5 Å². The molecule has 3 aromatic rings. The van der Waals surface area contributed by atoms with Gasteiger partial charge in [0.25, 0.3) is 11.1 Å². The van der Waals surface area contributed by atoms with Crippen LogP contribution in [0.15, 0.2) is 70.0 Å². The van der Waals surface area contributed by atoms with E-state index in [2.05, 4.69) is 21.2 Å². The van der Waals surface area contributed by atoms with Crippen LogP contribution >= 0.6 is 39.3 Å². The zero-order chi connectivity index (χ0) is 26.5. The lowest BCUT2D eigenvalue weighted by Gasteiger charge is -2.13. The minimum absolute atomic E-state index is 0.208. The molecule has 1 N–H and O–H groups in total. The number of thioether (sulfide) groups is 1. The number of methoxy groups -OCH3 is 1. The first-order valence-corrected chi connectivity index (χ1v) is 13.1. The highest BCUT2D eigenvalue weighted by Crippen LogP contribution is 2.35. The molecule has 190 valence electrons. The SMILES string of the molecule is COc1cc(/C=C2\SC(=O)N(CC(=O)Nc3ccc(Br)c(Cl)c3)C2=O)ccc1OCc1cccc(C)c1. The van der Waals surface area contributed by atoms with Crippen LogP contribution in [-0.4, -0.2) is 35.6 Å². The van der Waals surface area contributed by atoms with Gasteiger partial charge in [0.15, 0.2) is 11.5 Å². The second-order valence-corrected chi connectivity index (χ2v) is 10.4. The van der Waals surface area contributed by atoms with E-state index in [1.54, 1.807) is 42.5 Å². The number of nitrogens with zero attached hydrogens (tertiary/aromatic N) is 1. The molecular weight excluding hydrogens is 580 g/mol. The van der Waals surface area contributed by atoms with Crippen LogP contribution in [0.3, 0.4) is 0 Å². The normalized spacial score (nSPS) is 14.3. The molecule has 1 aliphatic rings. The van der Waals surface area contributed by atoms with E-state index in [4.69, 9.17) is 21.1 Å². The van der Waals surface area contributed by atoms with Gasteiger partial charge in [-0.05, 0) is 82.2 Å². The Hall–Kier alpha value is -3.27. The van der Waals surface area contributed by atoms with Crippen LogP contribution in [0.4, 0.5) is 10.5 Å². The lowest BCUT2D eigenvalue weighted by Crippen LogP contribution is -2.36. The van der Waals surface area contributed by atoms with E-state index in [1.165, 1.54) is 7.11 Å². The van der Waals surface area contributed by atoms with E-state index in [1.807, 2.05) is 31.2 Å². The molecule has 1 aliphatic heterocycles. The number of amides is 3. The molecule has 0 radical (unpaired) electrons. The molecule has 0 aromatic heterocycles. The van der Waals surface area contributed by atoms with Gasteiger partial charge in [-0.2, -0.15) is 0 Å². The van der Waals surface area contributed by atoms with E-state index in [9.17, 15) is 14.4 Å². The van der Waals surface area contributed by atoms with E-state index < -0.39 is 23.6 Å². The summed E-state index contributed by atoms with van der Waals surface area (Å²) in [5.41, 5.74) is 3.29. The average molecular weight is 602 g/mol. The third-order valence-corrected chi connectivity index (χ3v) is 7.48. The number of anilines is 1. The number of carbonyl (C=O) groups is 3. The molecule has 1 saturated heterocycles. The van der Waals surface area contributed by atoms with Crippen molar-refractivity contribution in [2.45, 2.75) is 13.5 Å². The van der Waals surface area contributed by atoms with Crippen LogP contribution < -0.4 is 14.8 Å². The van der Waals surface area contributed by atoms with Crippen LogP contribution in [0.1, 0.15) is 16.7 Å². The first-order chi connectivity index (χ1) is 17.7. The molecule has 37 heavy (non-hydrogen) atoms. The van der Waals surface area contributed by atoms with Crippen molar-refractivity contribution in [1.82, 2.24) is 4.90 Å². The molecule has 1 fully saturated rings. The molecule has 0 bridgehead atoms. The fourth-order valence-electron chi connectivity index (χ4n) is 3.56. The predicted octanol–water partition coefficient (Wildman–Crippen LogP) is 6.67. The van der Waals surface area contributed by atoms with Crippen molar-refractivity contribution in [3.8, 4) is 11.5 Å². The fraction of sp³-hybridized carbons (Fsp3) is 0.148. The monoisotopic (exact) mass is 600 g/mol. The van der Waals surface area contributed by atoms with Crippen LogP contribution in [0, 0.1) is 6.92 Å². The lowest BCUT2D eigenvalue weighted by atomic mass is 10.1. The molecule has 0 atom stereocenters. The molecule has 0 saturated carbocycles. The standard InChI is InChI=1S/C27H22BrClN2O5S/c1-16-4-3-5-18(10-16)15-36-22-9-6-17(11-23(22)35-2)12-24-26(33)31(27(34)37-24)14-25(32)30-19-7-8-20(28)21(29)13-19/h3-13H,14-15H2,1-2H3,(H,30,32)/b24-12-. The van der Waals surface area contributed by atoms with Crippen molar-refractivity contribution in [1.29, 1.82) is 0 Å². The predicted molar refractivity (Wildman–Crippen MR) is 149 cm³/mol. The van der Waals surface area contributed by atoms with Gasteiger partial charge < -0.3 is 14.8 Å². The Kier molecular flexibility index (Phi) is 8.58. The van der Waals surface area contributed by atoms with Crippen molar-refractivity contribution in [3.05, 3.63) is 91.8 Å². The summed E-state index contributed by atoms with van der Waals surface area (Å²) in [7, 11) is 1.53. The maximum absolute atomic E-state index is 12.9. The summed E-state index contributed by atoms with van der Waals surface area (Å²) in [6, 6.07) is 18.2. The highest BCUT2D eigenvalue weighted by atomic mass is 79.9. The Balaban J connectivity index is 1.42.